The number of aromatic nitrogens is 2. The summed E-state index contributed by atoms with van der Waals surface area (Å²) in [6.07, 6.45) is 2.65. The highest BCUT2D eigenvalue weighted by molar-refractivity contribution is 7.07. The molecular weight excluding hydrogens is 314 g/mol. The summed E-state index contributed by atoms with van der Waals surface area (Å²) in [5.74, 6) is -0.0681. The van der Waals surface area contributed by atoms with E-state index in [-0.39, 0.29) is 24.5 Å². The maximum absolute atomic E-state index is 12.2. The largest absolute Gasteiger partial charge is 0.379 e. The molecule has 6 nitrogen and oxygen atoms in total. The van der Waals surface area contributed by atoms with Crippen molar-refractivity contribution in [3.63, 3.8) is 0 Å². The molecule has 1 aliphatic heterocycles. The molecule has 1 saturated heterocycles. The molecule has 0 saturated carbocycles. The Bertz CT molecular complexity index is 606. The van der Waals surface area contributed by atoms with Crippen LogP contribution in [0.1, 0.15) is 17.8 Å². The van der Waals surface area contributed by atoms with Crippen LogP contribution in [0.3, 0.4) is 0 Å². The van der Waals surface area contributed by atoms with Gasteiger partial charge in [-0.1, -0.05) is 6.07 Å². The first-order valence-corrected chi connectivity index (χ1v) is 8.51. The minimum atomic E-state index is -0.140. The van der Waals surface area contributed by atoms with Gasteiger partial charge >= 0.3 is 0 Å². The number of nitrogens with one attached hydrogen (secondary N) is 1. The first kappa shape index (κ1) is 16.0. The van der Waals surface area contributed by atoms with Crippen LogP contribution in [0.5, 0.6) is 0 Å². The Hall–Kier alpha value is -1.83. The highest BCUT2D eigenvalue weighted by atomic mass is 32.1. The van der Waals surface area contributed by atoms with E-state index >= 15 is 0 Å². The van der Waals surface area contributed by atoms with Gasteiger partial charge < -0.3 is 14.8 Å². The molecule has 1 N–H and O–H groups in total. The van der Waals surface area contributed by atoms with Crippen molar-refractivity contribution >= 4 is 17.2 Å². The highest BCUT2D eigenvalue weighted by Gasteiger charge is 2.28. The van der Waals surface area contributed by atoms with Gasteiger partial charge in [0.25, 0.3) is 0 Å². The average Bonchev–Trinajstić information content (AvgIpc) is 3.08. The SMILES string of the molecule is O=C(Cc1ccccn1)N[C@@H]1COCC[C@@H]1OCc1cscn1. The number of thiazole rings is 1. The van der Waals surface area contributed by atoms with E-state index in [1.807, 2.05) is 23.6 Å². The van der Waals surface area contributed by atoms with Gasteiger partial charge in [0.15, 0.2) is 0 Å². The lowest BCUT2D eigenvalue weighted by molar-refractivity contribution is -0.126. The van der Waals surface area contributed by atoms with Gasteiger partial charge in [-0.05, 0) is 18.6 Å². The van der Waals surface area contributed by atoms with Gasteiger partial charge in [-0.15, -0.1) is 11.3 Å². The number of carbonyl (C=O) groups is 1. The molecule has 0 aliphatic carbocycles. The normalized spacial score (nSPS) is 21.0. The maximum Gasteiger partial charge on any atom is 0.226 e. The Labute approximate surface area is 138 Å². The Morgan fingerprint density at radius 2 is 2.35 bits per heavy atom. The fourth-order valence-electron chi connectivity index (χ4n) is 2.48. The zero-order valence-electron chi connectivity index (χ0n) is 12.7. The van der Waals surface area contributed by atoms with Gasteiger partial charge in [0, 0.05) is 23.9 Å². The van der Waals surface area contributed by atoms with Gasteiger partial charge in [-0.25, -0.2) is 4.98 Å². The summed E-state index contributed by atoms with van der Waals surface area (Å²) < 4.78 is 11.4. The smallest absolute Gasteiger partial charge is 0.226 e. The fraction of sp³-hybridized carbons (Fsp3) is 0.438. The van der Waals surface area contributed by atoms with E-state index in [2.05, 4.69) is 15.3 Å². The van der Waals surface area contributed by atoms with Crippen LogP contribution in [0.4, 0.5) is 0 Å². The molecule has 0 radical (unpaired) electrons. The first-order valence-electron chi connectivity index (χ1n) is 7.57. The number of ether oxygens (including phenoxy) is 2. The predicted molar refractivity (Wildman–Crippen MR) is 86.0 cm³/mol. The number of nitrogens with zero attached hydrogens (tertiary/aromatic N) is 2. The third-order valence-electron chi connectivity index (χ3n) is 3.64. The van der Waals surface area contributed by atoms with Gasteiger partial charge in [0.1, 0.15) is 0 Å². The second-order valence-electron chi connectivity index (χ2n) is 5.36. The Kier molecular flexibility index (Phi) is 5.68. The van der Waals surface area contributed by atoms with Crippen LogP contribution in [0.15, 0.2) is 35.3 Å². The first-order chi connectivity index (χ1) is 11.3. The van der Waals surface area contributed by atoms with Crippen molar-refractivity contribution < 1.29 is 14.3 Å². The lowest BCUT2D eigenvalue weighted by atomic mass is 10.1. The molecule has 3 rings (SSSR count). The summed E-state index contributed by atoms with van der Waals surface area (Å²) in [4.78, 5) is 20.6. The van der Waals surface area contributed by atoms with Crippen molar-refractivity contribution in [2.24, 2.45) is 0 Å². The van der Waals surface area contributed by atoms with E-state index in [0.29, 0.717) is 19.8 Å². The molecule has 1 amide bonds. The quantitative estimate of drug-likeness (QED) is 0.869. The Morgan fingerprint density at radius 1 is 1.39 bits per heavy atom. The van der Waals surface area contributed by atoms with E-state index in [1.165, 1.54) is 0 Å². The molecule has 23 heavy (non-hydrogen) atoms. The van der Waals surface area contributed by atoms with Crippen LogP contribution in [-0.4, -0.2) is 41.2 Å². The monoisotopic (exact) mass is 333 g/mol. The molecule has 2 atom stereocenters. The van der Waals surface area contributed by atoms with E-state index in [4.69, 9.17) is 9.47 Å². The number of amides is 1. The molecule has 0 aromatic carbocycles. The van der Waals surface area contributed by atoms with E-state index < -0.39 is 0 Å². The zero-order chi connectivity index (χ0) is 15.9. The molecule has 7 heteroatoms. The molecular formula is C16H19N3O3S. The molecule has 2 aromatic heterocycles. The number of pyridine rings is 1. The summed E-state index contributed by atoms with van der Waals surface area (Å²) in [5, 5.41) is 4.97. The number of carbonyl (C=O) groups excluding carboxylic acids is 1. The van der Waals surface area contributed by atoms with Crippen LogP contribution in [0.25, 0.3) is 0 Å². The summed E-state index contributed by atoms with van der Waals surface area (Å²) in [6, 6.07) is 5.41. The standard InChI is InChI=1S/C16H19N3O3S/c20-16(7-12-3-1-2-5-17-12)19-14-9-21-6-4-15(14)22-8-13-10-23-11-18-13/h1-3,5,10-11,14-15H,4,6-9H2,(H,19,20)/t14-,15+/m1/s1. The molecule has 1 aliphatic rings. The van der Waals surface area contributed by atoms with Crippen molar-refractivity contribution in [1.82, 2.24) is 15.3 Å². The summed E-state index contributed by atoms with van der Waals surface area (Å²) in [7, 11) is 0. The highest BCUT2D eigenvalue weighted by Crippen LogP contribution is 2.15. The van der Waals surface area contributed by atoms with Gasteiger partial charge in [-0.3, -0.25) is 9.78 Å². The van der Waals surface area contributed by atoms with Crippen LogP contribution < -0.4 is 5.32 Å². The van der Waals surface area contributed by atoms with Crippen molar-refractivity contribution in [2.75, 3.05) is 13.2 Å². The topological polar surface area (TPSA) is 73.3 Å². The van der Waals surface area contributed by atoms with Gasteiger partial charge in [-0.2, -0.15) is 0 Å². The molecule has 0 bridgehead atoms. The summed E-state index contributed by atoms with van der Waals surface area (Å²) >= 11 is 1.55. The lowest BCUT2D eigenvalue weighted by Crippen LogP contribution is -2.50. The van der Waals surface area contributed by atoms with Crippen molar-refractivity contribution in [3.8, 4) is 0 Å². The molecule has 3 heterocycles. The number of rotatable bonds is 6. The van der Waals surface area contributed by atoms with Gasteiger partial charge in [0.05, 0.1) is 43.0 Å². The van der Waals surface area contributed by atoms with Crippen molar-refractivity contribution in [2.45, 2.75) is 31.6 Å². The lowest BCUT2D eigenvalue weighted by Gasteiger charge is -2.32. The van der Waals surface area contributed by atoms with Crippen molar-refractivity contribution in [3.05, 3.63) is 46.7 Å². The Balaban J connectivity index is 1.52. The van der Waals surface area contributed by atoms with E-state index in [9.17, 15) is 4.79 Å². The second-order valence-corrected chi connectivity index (χ2v) is 6.08. The zero-order valence-corrected chi connectivity index (χ0v) is 13.5. The predicted octanol–water partition coefficient (Wildman–Crippen LogP) is 1.57. The van der Waals surface area contributed by atoms with Crippen LogP contribution in [-0.2, 0) is 27.3 Å². The molecule has 122 valence electrons. The molecule has 0 unspecified atom stereocenters. The van der Waals surface area contributed by atoms with Crippen LogP contribution in [0.2, 0.25) is 0 Å². The third kappa shape index (κ3) is 4.82. The van der Waals surface area contributed by atoms with Crippen molar-refractivity contribution in [1.29, 1.82) is 0 Å². The summed E-state index contributed by atoms with van der Waals surface area (Å²) in [5.41, 5.74) is 3.45. The molecule has 2 aromatic rings. The van der Waals surface area contributed by atoms with E-state index in [1.54, 1.807) is 23.0 Å². The van der Waals surface area contributed by atoms with E-state index in [0.717, 1.165) is 17.8 Å². The number of hydrogen-bond donors (Lipinski definition) is 1. The molecule has 0 spiro atoms. The fourth-order valence-corrected chi connectivity index (χ4v) is 3.02. The Morgan fingerprint density at radius 3 is 3.13 bits per heavy atom. The van der Waals surface area contributed by atoms with Crippen LogP contribution in [0, 0.1) is 0 Å². The number of hydrogen-bond acceptors (Lipinski definition) is 6. The minimum Gasteiger partial charge on any atom is -0.379 e. The average molecular weight is 333 g/mol. The minimum absolute atomic E-state index is 0.0573. The second kappa shape index (κ2) is 8.14. The molecule has 1 fully saturated rings. The van der Waals surface area contributed by atoms with Gasteiger partial charge in [0.2, 0.25) is 5.91 Å². The maximum atomic E-state index is 12.2. The summed E-state index contributed by atoms with van der Waals surface area (Å²) in [6.45, 7) is 1.57. The van der Waals surface area contributed by atoms with Crippen LogP contribution >= 0.6 is 11.3 Å². The third-order valence-corrected chi connectivity index (χ3v) is 4.27.